The first-order valence-electron chi connectivity index (χ1n) is 4.32. The van der Waals surface area contributed by atoms with E-state index >= 15 is 0 Å². The summed E-state index contributed by atoms with van der Waals surface area (Å²) in [6.07, 6.45) is 1.51. The van der Waals surface area contributed by atoms with Crippen LogP contribution < -0.4 is 10.2 Å². The Balaban J connectivity index is 2.05. The molecule has 14 heavy (non-hydrogen) atoms. The van der Waals surface area contributed by atoms with E-state index in [0.29, 0.717) is 24.6 Å². The molecule has 0 bridgehead atoms. The van der Waals surface area contributed by atoms with E-state index in [1.807, 2.05) is 0 Å². The maximum absolute atomic E-state index is 8.90. The fourth-order valence-corrected chi connectivity index (χ4v) is 1.10. The van der Waals surface area contributed by atoms with Gasteiger partial charge < -0.3 is 19.5 Å². The number of hydrogen-bond acceptors (Lipinski definition) is 5. The number of aromatic nitrogens is 1. The van der Waals surface area contributed by atoms with Crippen LogP contribution in [0.5, 0.6) is 5.88 Å². The summed E-state index contributed by atoms with van der Waals surface area (Å²) in [5, 5.41) is 17.8. The average molecular weight is 195 g/mol. The van der Waals surface area contributed by atoms with Gasteiger partial charge >= 0.3 is 7.12 Å². The number of pyridine rings is 1. The second-order valence-corrected chi connectivity index (χ2v) is 3.08. The first-order valence-corrected chi connectivity index (χ1v) is 4.32. The maximum atomic E-state index is 8.90. The van der Waals surface area contributed by atoms with E-state index in [-0.39, 0.29) is 6.10 Å². The average Bonchev–Trinajstić information content (AvgIpc) is 2.12. The van der Waals surface area contributed by atoms with E-state index in [1.165, 1.54) is 18.3 Å². The molecule has 0 spiro atoms. The van der Waals surface area contributed by atoms with Crippen molar-refractivity contribution in [2.75, 3.05) is 13.2 Å². The van der Waals surface area contributed by atoms with E-state index < -0.39 is 7.12 Å². The molecule has 0 saturated carbocycles. The number of nitrogens with zero attached hydrogens (tertiary/aromatic N) is 1. The van der Waals surface area contributed by atoms with Gasteiger partial charge in [0.1, 0.15) is 6.10 Å². The van der Waals surface area contributed by atoms with Gasteiger partial charge in [0.2, 0.25) is 5.88 Å². The number of hydrogen-bond donors (Lipinski definition) is 2. The monoisotopic (exact) mass is 195 g/mol. The second-order valence-electron chi connectivity index (χ2n) is 3.08. The van der Waals surface area contributed by atoms with Crippen LogP contribution in [0.2, 0.25) is 0 Å². The molecule has 2 rings (SSSR count). The predicted octanol–water partition coefficient (Wildman–Crippen LogP) is -1.46. The number of ether oxygens (including phenoxy) is 2. The lowest BCUT2D eigenvalue weighted by Crippen LogP contribution is -2.39. The third-order valence-corrected chi connectivity index (χ3v) is 1.95. The lowest BCUT2D eigenvalue weighted by Gasteiger charge is -2.26. The summed E-state index contributed by atoms with van der Waals surface area (Å²) in [7, 11) is -1.49. The van der Waals surface area contributed by atoms with Crippen molar-refractivity contribution < 1.29 is 19.5 Å². The molecule has 74 valence electrons. The first kappa shape index (κ1) is 9.45. The van der Waals surface area contributed by atoms with Crippen LogP contribution in [-0.4, -0.2) is 41.5 Å². The standard InChI is InChI=1S/C8H10BNO4/c11-9(12)6-1-2-10-8(3-6)14-7-4-13-5-7/h1-3,7,11-12H,4-5H2. The fraction of sp³-hybridized carbons (Fsp3) is 0.375. The van der Waals surface area contributed by atoms with Crippen molar-refractivity contribution in [2.45, 2.75) is 6.10 Å². The zero-order valence-electron chi connectivity index (χ0n) is 7.46. The predicted molar refractivity (Wildman–Crippen MR) is 49.3 cm³/mol. The van der Waals surface area contributed by atoms with Crippen molar-refractivity contribution in [3.8, 4) is 5.88 Å². The van der Waals surface area contributed by atoms with Gasteiger partial charge in [-0.1, -0.05) is 0 Å². The molecule has 5 nitrogen and oxygen atoms in total. The minimum absolute atomic E-state index is 0.0357. The molecule has 0 aliphatic carbocycles. The molecule has 0 aromatic carbocycles. The van der Waals surface area contributed by atoms with Crippen LogP contribution in [0.15, 0.2) is 18.3 Å². The van der Waals surface area contributed by atoms with Gasteiger partial charge in [-0.2, -0.15) is 0 Å². The molecular weight excluding hydrogens is 185 g/mol. The minimum Gasteiger partial charge on any atom is -0.469 e. The van der Waals surface area contributed by atoms with Crippen molar-refractivity contribution in [3.63, 3.8) is 0 Å². The summed E-state index contributed by atoms with van der Waals surface area (Å²) in [5.41, 5.74) is 0.371. The molecule has 0 radical (unpaired) electrons. The molecule has 0 atom stereocenters. The van der Waals surface area contributed by atoms with Crippen molar-refractivity contribution in [2.24, 2.45) is 0 Å². The first-order chi connectivity index (χ1) is 6.75. The van der Waals surface area contributed by atoms with Gasteiger partial charge in [-0.15, -0.1) is 0 Å². The highest BCUT2D eigenvalue weighted by molar-refractivity contribution is 6.58. The lowest BCUT2D eigenvalue weighted by molar-refractivity contribution is -0.0813. The number of rotatable bonds is 3. The van der Waals surface area contributed by atoms with E-state index in [2.05, 4.69) is 4.98 Å². The van der Waals surface area contributed by atoms with E-state index in [9.17, 15) is 0 Å². The second kappa shape index (κ2) is 3.95. The van der Waals surface area contributed by atoms with Gasteiger partial charge in [-0.25, -0.2) is 4.98 Å². The Labute approximate surface area is 81.4 Å². The van der Waals surface area contributed by atoms with E-state index in [1.54, 1.807) is 0 Å². The summed E-state index contributed by atoms with van der Waals surface area (Å²) >= 11 is 0. The van der Waals surface area contributed by atoms with Gasteiger partial charge in [0.25, 0.3) is 0 Å². The maximum Gasteiger partial charge on any atom is 0.488 e. The summed E-state index contributed by atoms with van der Waals surface area (Å²) in [6, 6.07) is 3.03. The normalized spacial score (nSPS) is 16.1. The summed E-state index contributed by atoms with van der Waals surface area (Å²) in [5.74, 6) is 0.393. The highest BCUT2D eigenvalue weighted by Gasteiger charge is 2.21. The van der Waals surface area contributed by atoms with Crippen LogP contribution in [0.25, 0.3) is 0 Å². The third-order valence-electron chi connectivity index (χ3n) is 1.95. The molecule has 1 fully saturated rings. The Morgan fingerprint density at radius 2 is 2.29 bits per heavy atom. The Hall–Kier alpha value is -1.11. The molecule has 0 amide bonds. The van der Waals surface area contributed by atoms with Gasteiger partial charge in [-0.3, -0.25) is 0 Å². The SMILES string of the molecule is OB(O)c1ccnc(OC2COC2)c1. The zero-order chi connectivity index (χ0) is 9.97. The Morgan fingerprint density at radius 3 is 2.86 bits per heavy atom. The third kappa shape index (κ3) is 2.04. The molecule has 2 N–H and O–H groups in total. The Bertz CT molecular complexity index is 316. The molecule has 1 saturated heterocycles. The molecule has 6 heteroatoms. The molecule has 1 aromatic rings. The minimum atomic E-state index is -1.49. The summed E-state index contributed by atoms with van der Waals surface area (Å²) in [4.78, 5) is 3.94. The summed E-state index contributed by atoms with van der Waals surface area (Å²) < 4.78 is 10.3. The van der Waals surface area contributed by atoms with Crippen LogP contribution >= 0.6 is 0 Å². The van der Waals surface area contributed by atoms with Gasteiger partial charge in [0, 0.05) is 12.3 Å². The molecule has 1 aromatic heterocycles. The Kier molecular flexibility index (Phi) is 2.67. The highest BCUT2D eigenvalue weighted by Crippen LogP contribution is 2.11. The van der Waals surface area contributed by atoms with Crippen molar-refractivity contribution in [1.29, 1.82) is 0 Å². The molecule has 2 heterocycles. The topological polar surface area (TPSA) is 71.8 Å². The Morgan fingerprint density at radius 1 is 1.50 bits per heavy atom. The highest BCUT2D eigenvalue weighted by atomic mass is 16.6. The molecule has 1 aliphatic heterocycles. The van der Waals surface area contributed by atoms with E-state index in [0.717, 1.165) is 0 Å². The van der Waals surface area contributed by atoms with Crippen LogP contribution in [-0.2, 0) is 4.74 Å². The van der Waals surface area contributed by atoms with Crippen molar-refractivity contribution >= 4 is 12.6 Å². The van der Waals surface area contributed by atoms with E-state index in [4.69, 9.17) is 19.5 Å². The smallest absolute Gasteiger partial charge is 0.469 e. The van der Waals surface area contributed by atoms with Gasteiger partial charge in [0.05, 0.1) is 13.2 Å². The zero-order valence-corrected chi connectivity index (χ0v) is 7.46. The molecule has 1 aliphatic rings. The van der Waals surface area contributed by atoms with Gasteiger partial charge in [0.15, 0.2) is 0 Å². The summed E-state index contributed by atoms with van der Waals surface area (Å²) in [6.45, 7) is 1.13. The van der Waals surface area contributed by atoms with Crippen LogP contribution in [0, 0.1) is 0 Å². The molecule has 0 unspecified atom stereocenters. The van der Waals surface area contributed by atoms with Gasteiger partial charge in [-0.05, 0) is 11.5 Å². The molecular formula is C8H10BNO4. The fourth-order valence-electron chi connectivity index (χ4n) is 1.10. The lowest BCUT2D eigenvalue weighted by atomic mass is 9.81. The van der Waals surface area contributed by atoms with Crippen molar-refractivity contribution in [3.05, 3.63) is 18.3 Å². The quantitative estimate of drug-likeness (QED) is 0.576. The van der Waals surface area contributed by atoms with Crippen molar-refractivity contribution in [1.82, 2.24) is 4.98 Å². The largest absolute Gasteiger partial charge is 0.488 e. The van der Waals surface area contributed by atoms with Crippen LogP contribution in [0.3, 0.4) is 0 Å². The van der Waals surface area contributed by atoms with Crippen LogP contribution in [0.4, 0.5) is 0 Å². The van der Waals surface area contributed by atoms with Crippen LogP contribution in [0.1, 0.15) is 0 Å².